The Balaban J connectivity index is 1.15. The van der Waals surface area contributed by atoms with Crippen LogP contribution in [0.5, 0.6) is 0 Å². The van der Waals surface area contributed by atoms with Crippen LogP contribution in [-0.4, -0.2) is 47.7 Å². The summed E-state index contributed by atoms with van der Waals surface area (Å²) < 4.78 is 32.0. The first-order valence-electron chi connectivity index (χ1n) is 11.5. The highest BCUT2D eigenvalue weighted by Gasteiger charge is 2.28. The number of hydrogen-bond donors (Lipinski definition) is 0. The van der Waals surface area contributed by atoms with Crippen LogP contribution in [-0.2, 0) is 19.5 Å². The van der Waals surface area contributed by atoms with Crippen molar-refractivity contribution in [2.45, 2.75) is 51.2 Å². The summed E-state index contributed by atoms with van der Waals surface area (Å²) in [7, 11) is 0. The molecule has 0 N–H and O–H groups in total. The van der Waals surface area contributed by atoms with Gasteiger partial charge in [-0.2, -0.15) is 8.78 Å². The highest BCUT2D eigenvalue weighted by atomic mass is 19.3. The molecule has 10 heteroatoms. The second-order valence-corrected chi connectivity index (χ2v) is 8.87. The molecule has 0 saturated heterocycles. The molecule has 34 heavy (non-hydrogen) atoms. The van der Waals surface area contributed by atoms with Crippen LogP contribution < -0.4 is 0 Å². The van der Waals surface area contributed by atoms with Crippen LogP contribution in [0.4, 0.5) is 8.78 Å². The number of pyridine rings is 1. The standard InChI is InChI=1S/C24H23F2N7O/c25-22(26)24-30-29-23(34-24)17-6-7-19(27-11-17)13-33-14-21(28-31-33)16-5-4-15-8-9-32(12-18(15)10-16)20-2-1-3-20/h4-7,10-11,14,20,22H,1-3,8-9,12-13H2. The smallest absolute Gasteiger partial charge is 0.314 e. The zero-order valence-electron chi connectivity index (χ0n) is 18.4. The summed E-state index contributed by atoms with van der Waals surface area (Å²) in [6.45, 7) is 2.59. The summed E-state index contributed by atoms with van der Waals surface area (Å²) in [5, 5.41) is 15.6. The number of hydrogen-bond acceptors (Lipinski definition) is 7. The van der Waals surface area contributed by atoms with E-state index in [0.29, 0.717) is 12.1 Å². The molecule has 0 atom stereocenters. The molecule has 4 aromatic rings. The van der Waals surface area contributed by atoms with Gasteiger partial charge in [-0.25, -0.2) is 4.68 Å². The van der Waals surface area contributed by atoms with Gasteiger partial charge in [-0.15, -0.1) is 15.3 Å². The molecule has 2 aliphatic rings. The SMILES string of the molecule is FC(F)c1nnc(-c2ccc(Cn3cc(-c4ccc5c(c4)CN(C4CCC4)CC5)nn3)nc2)o1. The Labute approximate surface area is 194 Å². The fraction of sp³-hybridized carbons (Fsp3) is 0.375. The van der Waals surface area contributed by atoms with Crippen molar-refractivity contribution in [2.75, 3.05) is 6.54 Å². The van der Waals surface area contributed by atoms with Crippen molar-refractivity contribution < 1.29 is 13.2 Å². The van der Waals surface area contributed by atoms with Gasteiger partial charge in [0.25, 0.3) is 5.89 Å². The van der Waals surface area contributed by atoms with Crippen LogP contribution in [0.1, 0.15) is 48.4 Å². The monoisotopic (exact) mass is 463 g/mol. The lowest BCUT2D eigenvalue weighted by molar-refractivity contribution is 0.113. The summed E-state index contributed by atoms with van der Waals surface area (Å²) in [4.78, 5) is 6.99. The predicted molar refractivity (Wildman–Crippen MR) is 119 cm³/mol. The van der Waals surface area contributed by atoms with Gasteiger partial charge in [-0.1, -0.05) is 23.8 Å². The Kier molecular flexibility index (Phi) is 5.37. The molecule has 0 radical (unpaired) electrons. The maximum absolute atomic E-state index is 12.6. The minimum atomic E-state index is -2.80. The quantitative estimate of drug-likeness (QED) is 0.422. The molecule has 1 aliphatic carbocycles. The van der Waals surface area contributed by atoms with E-state index < -0.39 is 12.3 Å². The summed E-state index contributed by atoms with van der Waals surface area (Å²) in [5.41, 5.74) is 5.93. The summed E-state index contributed by atoms with van der Waals surface area (Å²) in [5.74, 6) is -0.687. The third kappa shape index (κ3) is 4.09. The molecule has 174 valence electrons. The lowest BCUT2D eigenvalue weighted by Crippen LogP contribution is -2.42. The van der Waals surface area contributed by atoms with Crippen LogP contribution in [0.2, 0.25) is 0 Å². The van der Waals surface area contributed by atoms with Gasteiger partial charge in [0.05, 0.1) is 24.0 Å². The van der Waals surface area contributed by atoms with Gasteiger partial charge in [0.2, 0.25) is 5.89 Å². The molecule has 1 saturated carbocycles. The summed E-state index contributed by atoms with van der Waals surface area (Å²) in [6.07, 6.45) is 5.74. The molecule has 4 heterocycles. The molecule has 6 rings (SSSR count). The lowest BCUT2D eigenvalue weighted by Gasteiger charge is -2.40. The molecule has 0 spiro atoms. The van der Waals surface area contributed by atoms with E-state index in [-0.39, 0.29) is 5.89 Å². The Morgan fingerprint density at radius 2 is 1.91 bits per heavy atom. The molecule has 1 aliphatic heterocycles. The first kappa shape index (κ1) is 21.0. The van der Waals surface area contributed by atoms with Crippen molar-refractivity contribution in [3.63, 3.8) is 0 Å². The normalized spacial score (nSPS) is 16.6. The van der Waals surface area contributed by atoms with Crippen molar-refractivity contribution in [1.82, 2.24) is 35.1 Å². The van der Waals surface area contributed by atoms with Gasteiger partial charge in [0, 0.05) is 30.9 Å². The van der Waals surface area contributed by atoms with Crippen molar-refractivity contribution in [1.29, 1.82) is 0 Å². The van der Waals surface area contributed by atoms with Crippen molar-refractivity contribution in [3.05, 3.63) is 65.4 Å². The fourth-order valence-corrected chi connectivity index (χ4v) is 4.56. The zero-order chi connectivity index (χ0) is 23.1. The molecule has 3 aromatic heterocycles. The van der Waals surface area contributed by atoms with Gasteiger partial charge in [-0.3, -0.25) is 9.88 Å². The van der Waals surface area contributed by atoms with Gasteiger partial charge in [0.15, 0.2) is 0 Å². The number of benzene rings is 1. The number of nitrogens with zero attached hydrogens (tertiary/aromatic N) is 7. The Bertz CT molecular complexity index is 1300. The number of alkyl halides is 2. The van der Waals surface area contributed by atoms with Crippen LogP contribution in [0.3, 0.4) is 0 Å². The fourth-order valence-electron chi connectivity index (χ4n) is 4.56. The van der Waals surface area contributed by atoms with Gasteiger partial charge >= 0.3 is 6.43 Å². The van der Waals surface area contributed by atoms with Gasteiger partial charge < -0.3 is 4.42 Å². The minimum absolute atomic E-state index is 0.0145. The molecular formula is C24H23F2N7O. The van der Waals surface area contributed by atoms with Crippen molar-refractivity contribution in [2.24, 2.45) is 0 Å². The topological polar surface area (TPSA) is 85.8 Å². The Morgan fingerprint density at radius 3 is 2.65 bits per heavy atom. The highest BCUT2D eigenvalue weighted by Crippen LogP contribution is 2.31. The maximum Gasteiger partial charge on any atom is 0.314 e. The first-order chi connectivity index (χ1) is 16.6. The van der Waals surface area contributed by atoms with E-state index in [0.717, 1.165) is 42.5 Å². The third-order valence-corrected chi connectivity index (χ3v) is 6.70. The second-order valence-electron chi connectivity index (χ2n) is 8.87. The average molecular weight is 463 g/mol. The molecule has 1 aromatic carbocycles. The van der Waals surface area contributed by atoms with Crippen LogP contribution in [0.25, 0.3) is 22.7 Å². The average Bonchev–Trinajstić information content (AvgIpc) is 3.48. The summed E-state index contributed by atoms with van der Waals surface area (Å²) >= 11 is 0. The Hall–Kier alpha value is -3.53. The molecule has 0 unspecified atom stereocenters. The van der Waals surface area contributed by atoms with Crippen molar-refractivity contribution >= 4 is 0 Å². The van der Waals surface area contributed by atoms with E-state index in [4.69, 9.17) is 4.42 Å². The van der Waals surface area contributed by atoms with Gasteiger partial charge in [-0.05, 0) is 48.6 Å². The van der Waals surface area contributed by atoms with Gasteiger partial charge in [0.1, 0.15) is 5.69 Å². The highest BCUT2D eigenvalue weighted by molar-refractivity contribution is 5.60. The number of rotatable bonds is 6. The van der Waals surface area contributed by atoms with E-state index >= 15 is 0 Å². The third-order valence-electron chi connectivity index (χ3n) is 6.70. The van der Waals surface area contributed by atoms with Crippen molar-refractivity contribution in [3.8, 4) is 22.7 Å². The van der Waals surface area contributed by atoms with E-state index in [1.807, 2.05) is 6.20 Å². The molecule has 8 nitrogen and oxygen atoms in total. The second kappa shape index (κ2) is 8.68. The van der Waals surface area contributed by atoms with Crippen LogP contribution in [0.15, 0.2) is 47.1 Å². The first-order valence-corrected chi connectivity index (χ1v) is 11.5. The molecular weight excluding hydrogens is 440 g/mol. The predicted octanol–water partition coefficient (Wildman–Crippen LogP) is 4.29. The van der Waals surface area contributed by atoms with Crippen LogP contribution in [0, 0.1) is 0 Å². The minimum Gasteiger partial charge on any atom is -0.415 e. The molecule has 0 bridgehead atoms. The largest absolute Gasteiger partial charge is 0.415 e. The molecule has 0 amide bonds. The Morgan fingerprint density at radius 1 is 1.03 bits per heavy atom. The van der Waals surface area contributed by atoms with E-state index in [1.54, 1.807) is 16.8 Å². The van der Waals surface area contributed by atoms with E-state index in [1.165, 1.54) is 36.6 Å². The lowest BCUT2D eigenvalue weighted by atomic mass is 9.88. The zero-order valence-corrected chi connectivity index (χ0v) is 18.4. The number of aromatic nitrogens is 6. The summed E-state index contributed by atoms with van der Waals surface area (Å²) in [6, 6.07) is 10.8. The van der Waals surface area contributed by atoms with E-state index in [9.17, 15) is 8.78 Å². The van der Waals surface area contributed by atoms with E-state index in [2.05, 4.69) is 48.6 Å². The number of halogens is 2. The maximum atomic E-state index is 12.6. The number of fused-ring (bicyclic) bond motifs is 1. The van der Waals surface area contributed by atoms with Crippen LogP contribution >= 0.6 is 0 Å². The molecule has 1 fully saturated rings.